The summed E-state index contributed by atoms with van der Waals surface area (Å²) in [6, 6.07) is 0. The van der Waals surface area contributed by atoms with Crippen LogP contribution in [-0.2, 0) is 24.4 Å². The third-order valence-electron chi connectivity index (χ3n) is 2.95. The van der Waals surface area contributed by atoms with E-state index in [1.807, 2.05) is 20.0 Å². The van der Waals surface area contributed by atoms with E-state index in [4.69, 9.17) is 11.6 Å². The van der Waals surface area contributed by atoms with Gasteiger partial charge in [-0.1, -0.05) is 11.6 Å². The number of nitrogens with one attached hydrogen (secondary N) is 1. The first kappa shape index (κ1) is 15.3. The first-order chi connectivity index (χ1) is 10.1. The van der Waals surface area contributed by atoms with E-state index in [-0.39, 0.29) is 5.91 Å². The molecule has 6 nitrogen and oxygen atoms in total. The summed E-state index contributed by atoms with van der Waals surface area (Å²) < 4.78 is 3.54. The van der Waals surface area contributed by atoms with Gasteiger partial charge in [0.1, 0.15) is 5.69 Å². The van der Waals surface area contributed by atoms with E-state index >= 15 is 0 Å². The minimum Gasteiger partial charge on any atom is -0.347 e. The van der Waals surface area contributed by atoms with E-state index in [1.165, 1.54) is 6.08 Å². The molecule has 2 aromatic heterocycles. The SMILES string of the molecule is CCn1cc(/C=C/C(=O)NCc2nn(CC)cc2Cl)cn1. The zero-order valence-corrected chi connectivity index (χ0v) is 12.8. The molecule has 21 heavy (non-hydrogen) atoms. The Bertz CT molecular complexity index is 644. The van der Waals surface area contributed by atoms with E-state index < -0.39 is 0 Å². The largest absolute Gasteiger partial charge is 0.347 e. The molecule has 1 N–H and O–H groups in total. The summed E-state index contributed by atoms with van der Waals surface area (Å²) in [6.45, 7) is 5.84. The van der Waals surface area contributed by atoms with E-state index in [2.05, 4.69) is 15.5 Å². The number of amides is 1. The van der Waals surface area contributed by atoms with Crippen LogP contribution in [0.3, 0.4) is 0 Å². The Morgan fingerprint density at radius 1 is 1.33 bits per heavy atom. The Hall–Kier alpha value is -2.08. The molecule has 0 atom stereocenters. The van der Waals surface area contributed by atoms with E-state index in [9.17, 15) is 4.79 Å². The quantitative estimate of drug-likeness (QED) is 0.831. The summed E-state index contributed by atoms with van der Waals surface area (Å²) in [5.74, 6) is -0.193. The fourth-order valence-corrected chi connectivity index (χ4v) is 1.98. The summed E-state index contributed by atoms with van der Waals surface area (Å²) in [4.78, 5) is 11.8. The van der Waals surface area contributed by atoms with Gasteiger partial charge in [0.25, 0.3) is 0 Å². The van der Waals surface area contributed by atoms with Gasteiger partial charge in [0.15, 0.2) is 0 Å². The highest BCUT2D eigenvalue weighted by atomic mass is 35.5. The summed E-state index contributed by atoms with van der Waals surface area (Å²) >= 11 is 6.04. The van der Waals surface area contributed by atoms with Crippen LogP contribution >= 0.6 is 11.6 Å². The van der Waals surface area contributed by atoms with Crippen LogP contribution in [-0.4, -0.2) is 25.5 Å². The minimum absolute atomic E-state index is 0.193. The van der Waals surface area contributed by atoms with Gasteiger partial charge in [-0.15, -0.1) is 0 Å². The third kappa shape index (κ3) is 4.19. The van der Waals surface area contributed by atoms with Crippen molar-refractivity contribution >= 4 is 23.6 Å². The Morgan fingerprint density at radius 3 is 2.71 bits per heavy atom. The summed E-state index contributed by atoms with van der Waals surface area (Å²) in [5.41, 5.74) is 1.55. The van der Waals surface area contributed by atoms with Crippen molar-refractivity contribution in [1.82, 2.24) is 24.9 Å². The van der Waals surface area contributed by atoms with Crippen LogP contribution in [0.1, 0.15) is 25.1 Å². The molecule has 0 radical (unpaired) electrons. The van der Waals surface area contributed by atoms with Crippen LogP contribution < -0.4 is 5.32 Å². The number of carbonyl (C=O) groups excluding carboxylic acids is 1. The number of halogens is 1. The van der Waals surface area contributed by atoms with Crippen LogP contribution in [0.15, 0.2) is 24.7 Å². The smallest absolute Gasteiger partial charge is 0.244 e. The molecule has 0 aliphatic rings. The van der Waals surface area contributed by atoms with E-state index in [0.717, 1.165) is 18.7 Å². The normalized spacial score (nSPS) is 11.2. The predicted octanol–water partition coefficient (Wildman–Crippen LogP) is 2.10. The van der Waals surface area contributed by atoms with Crippen molar-refractivity contribution in [3.63, 3.8) is 0 Å². The number of aromatic nitrogens is 4. The maximum Gasteiger partial charge on any atom is 0.244 e. The molecule has 0 saturated carbocycles. The second-order valence-electron chi connectivity index (χ2n) is 4.46. The van der Waals surface area contributed by atoms with Gasteiger partial charge in [0.05, 0.1) is 17.8 Å². The van der Waals surface area contributed by atoms with E-state index in [1.54, 1.807) is 27.8 Å². The highest BCUT2D eigenvalue weighted by molar-refractivity contribution is 6.31. The number of hydrogen-bond acceptors (Lipinski definition) is 3. The van der Waals surface area contributed by atoms with Crippen LogP contribution in [0, 0.1) is 0 Å². The van der Waals surface area contributed by atoms with Gasteiger partial charge >= 0.3 is 0 Å². The van der Waals surface area contributed by atoms with Crippen molar-refractivity contribution in [2.24, 2.45) is 0 Å². The lowest BCUT2D eigenvalue weighted by Gasteiger charge is -1.99. The molecule has 0 fully saturated rings. The summed E-state index contributed by atoms with van der Waals surface area (Å²) in [5, 5.41) is 11.7. The van der Waals surface area contributed by atoms with E-state index in [0.29, 0.717) is 17.3 Å². The zero-order valence-electron chi connectivity index (χ0n) is 12.1. The van der Waals surface area contributed by atoms with Crippen molar-refractivity contribution in [3.8, 4) is 0 Å². The molecular weight excluding hydrogens is 290 g/mol. The Kier molecular flexibility index (Phi) is 5.16. The molecule has 0 aliphatic carbocycles. The van der Waals surface area contributed by atoms with Gasteiger partial charge in [-0.05, 0) is 19.9 Å². The lowest BCUT2D eigenvalue weighted by molar-refractivity contribution is -0.116. The first-order valence-corrected chi connectivity index (χ1v) is 7.20. The van der Waals surface area contributed by atoms with Crippen molar-refractivity contribution in [3.05, 3.63) is 40.9 Å². The number of carbonyl (C=O) groups is 1. The number of aryl methyl sites for hydroxylation is 2. The number of rotatable bonds is 6. The second-order valence-corrected chi connectivity index (χ2v) is 4.87. The van der Waals surface area contributed by atoms with Crippen LogP contribution in [0.25, 0.3) is 6.08 Å². The molecule has 0 unspecified atom stereocenters. The fraction of sp³-hybridized carbons (Fsp3) is 0.357. The van der Waals surface area contributed by atoms with Gasteiger partial charge in [-0.25, -0.2) is 0 Å². The van der Waals surface area contributed by atoms with Crippen LogP contribution in [0.5, 0.6) is 0 Å². The van der Waals surface area contributed by atoms with Crippen molar-refractivity contribution in [1.29, 1.82) is 0 Å². The van der Waals surface area contributed by atoms with Crippen LogP contribution in [0.2, 0.25) is 5.02 Å². The highest BCUT2D eigenvalue weighted by Crippen LogP contribution is 2.13. The molecule has 0 aromatic carbocycles. The lowest BCUT2D eigenvalue weighted by atomic mass is 10.3. The Balaban J connectivity index is 1.88. The topological polar surface area (TPSA) is 64.7 Å². The number of nitrogens with zero attached hydrogens (tertiary/aromatic N) is 4. The molecule has 0 spiro atoms. The van der Waals surface area contributed by atoms with Crippen molar-refractivity contribution < 1.29 is 4.79 Å². The average molecular weight is 308 g/mol. The number of hydrogen-bond donors (Lipinski definition) is 1. The van der Waals surface area contributed by atoms with Crippen molar-refractivity contribution in [2.45, 2.75) is 33.5 Å². The van der Waals surface area contributed by atoms with Gasteiger partial charge in [0, 0.05) is 37.1 Å². The fourth-order valence-electron chi connectivity index (χ4n) is 1.76. The molecule has 0 saturated heterocycles. The van der Waals surface area contributed by atoms with Gasteiger partial charge < -0.3 is 5.32 Å². The van der Waals surface area contributed by atoms with Crippen molar-refractivity contribution in [2.75, 3.05) is 0 Å². The molecule has 1 amide bonds. The molecule has 0 aliphatic heterocycles. The molecule has 2 rings (SSSR count). The standard InChI is InChI=1S/C14H18ClN5O/c1-3-19-9-11(7-17-19)5-6-14(21)16-8-13-12(15)10-20(4-2)18-13/h5-7,9-10H,3-4,8H2,1-2H3,(H,16,21)/b6-5+. The molecular formula is C14H18ClN5O. The highest BCUT2D eigenvalue weighted by Gasteiger charge is 2.06. The molecule has 0 bridgehead atoms. The maximum absolute atomic E-state index is 11.8. The Morgan fingerprint density at radius 2 is 2.10 bits per heavy atom. The maximum atomic E-state index is 11.8. The first-order valence-electron chi connectivity index (χ1n) is 6.82. The summed E-state index contributed by atoms with van der Waals surface area (Å²) in [6.07, 6.45) is 8.54. The molecule has 7 heteroatoms. The summed E-state index contributed by atoms with van der Waals surface area (Å²) in [7, 11) is 0. The molecule has 2 heterocycles. The average Bonchev–Trinajstić information content (AvgIpc) is 3.09. The van der Waals surface area contributed by atoms with Gasteiger partial charge in [0.2, 0.25) is 5.91 Å². The lowest BCUT2D eigenvalue weighted by Crippen LogP contribution is -2.20. The molecule has 2 aromatic rings. The minimum atomic E-state index is -0.193. The third-order valence-corrected chi connectivity index (χ3v) is 3.26. The van der Waals surface area contributed by atoms with Crippen LogP contribution in [0.4, 0.5) is 0 Å². The predicted molar refractivity (Wildman–Crippen MR) is 81.7 cm³/mol. The second kappa shape index (κ2) is 7.08. The monoisotopic (exact) mass is 307 g/mol. The molecule has 112 valence electrons. The zero-order chi connectivity index (χ0) is 15.2. The Labute approximate surface area is 128 Å². The van der Waals surface area contributed by atoms with Gasteiger partial charge in [-0.3, -0.25) is 14.2 Å². The van der Waals surface area contributed by atoms with Gasteiger partial charge in [-0.2, -0.15) is 10.2 Å².